The lowest BCUT2D eigenvalue weighted by atomic mass is 9.70. The van der Waals surface area contributed by atoms with Crippen molar-refractivity contribution in [2.24, 2.45) is 16.7 Å². The van der Waals surface area contributed by atoms with Crippen LogP contribution in [-0.2, 0) is 19.7 Å². The molecular weight excluding hydrogens is 542 g/mol. The molecular formula is C21H21F6O9S-3. The van der Waals surface area contributed by atoms with Crippen molar-refractivity contribution in [3.8, 4) is 5.75 Å². The van der Waals surface area contributed by atoms with Crippen LogP contribution in [0.3, 0.4) is 0 Å². The van der Waals surface area contributed by atoms with E-state index in [1.165, 1.54) is 24.3 Å². The first kappa shape index (κ1) is 32.1. The van der Waals surface area contributed by atoms with Crippen LogP contribution in [-0.4, -0.2) is 59.8 Å². The Bertz CT molecular complexity index is 1140. The molecule has 37 heavy (non-hydrogen) atoms. The molecule has 2 unspecified atom stereocenters. The highest BCUT2D eigenvalue weighted by Crippen LogP contribution is 2.64. The number of Topliss-reactive ketones (excluding diaryl/α,β-unsaturated/α-hetero) is 1. The average molecular weight is 563 g/mol. The number of carboxylic acids is 2. The van der Waals surface area contributed by atoms with E-state index in [2.05, 4.69) is 0 Å². The Kier molecular flexibility index (Phi) is 9.43. The smallest absolute Gasteiger partial charge is 0.374 e. The fourth-order valence-electron chi connectivity index (χ4n) is 4.33. The first-order valence-corrected chi connectivity index (χ1v) is 11.8. The number of ketones is 1. The van der Waals surface area contributed by atoms with Gasteiger partial charge in [-0.05, 0) is 30.2 Å². The summed E-state index contributed by atoms with van der Waals surface area (Å²) in [5.41, 5.74) is -1.40. The number of alkyl halides is 6. The Morgan fingerprint density at radius 2 is 1.68 bits per heavy atom. The molecule has 0 radical (unpaired) electrons. The van der Waals surface area contributed by atoms with Gasteiger partial charge in [0.25, 0.3) is 0 Å². The molecule has 0 heterocycles. The molecule has 2 bridgehead atoms. The van der Waals surface area contributed by atoms with E-state index in [0.29, 0.717) is 12.8 Å². The molecule has 0 amide bonds. The zero-order valence-electron chi connectivity index (χ0n) is 19.2. The van der Waals surface area contributed by atoms with Crippen LogP contribution in [0, 0.1) is 16.7 Å². The van der Waals surface area contributed by atoms with Crippen molar-refractivity contribution in [2.75, 3.05) is 5.75 Å². The van der Waals surface area contributed by atoms with E-state index in [1.807, 2.05) is 13.8 Å². The minimum atomic E-state index is -5.91. The van der Waals surface area contributed by atoms with E-state index < -0.39 is 57.2 Å². The number of carbonyl (C=O) groups excluding carboxylic acids is 2. The first-order valence-electron chi connectivity index (χ1n) is 10.3. The highest BCUT2D eigenvalue weighted by Gasteiger charge is 2.65. The van der Waals surface area contributed by atoms with Crippen LogP contribution in [0.5, 0.6) is 5.75 Å². The second-order valence-electron chi connectivity index (χ2n) is 8.96. The molecule has 2 saturated carbocycles. The minimum absolute atomic E-state index is 0.0248. The van der Waals surface area contributed by atoms with Crippen LogP contribution in [0.4, 0.5) is 26.3 Å². The number of carboxylic acid groups (broad SMARTS) is 2. The Morgan fingerprint density at radius 3 is 1.95 bits per heavy atom. The molecule has 210 valence electrons. The van der Waals surface area contributed by atoms with Gasteiger partial charge in [0, 0.05) is 11.8 Å². The third kappa shape index (κ3) is 6.52. The van der Waals surface area contributed by atoms with E-state index in [0.717, 1.165) is 6.42 Å². The van der Waals surface area contributed by atoms with Gasteiger partial charge in [-0.3, -0.25) is 4.79 Å². The molecule has 16 heteroatoms. The van der Waals surface area contributed by atoms with Crippen molar-refractivity contribution in [3.05, 3.63) is 29.8 Å². The summed E-state index contributed by atoms with van der Waals surface area (Å²) in [6.45, 7) is 3.83. The summed E-state index contributed by atoms with van der Waals surface area (Å²) < 4.78 is 102. The van der Waals surface area contributed by atoms with E-state index in [-0.39, 0.29) is 22.7 Å². The van der Waals surface area contributed by atoms with Crippen molar-refractivity contribution < 1.29 is 69.0 Å². The summed E-state index contributed by atoms with van der Waals surface area (Å²) in [5.74, 6) is -17.2. The zero-order chi connectivity index (χ0) is 29.2. The number of benzene rings is 1. The number of aliphatic carboxylic acids is 1. The molecule has 2 aliphatic rings. The lowest BCUT2D eigenvalue weighted by molar-refractivity contribution is -0.357. The second kappa shape index (κ2) is 10.8. The molecule has 0 saturated heterocycles. The monoisotopic (exact) mass is 563 g/mol. The maximum absolute atomic E-state index is 11.8. The molecule has 2 atom stereocenters. The van der Waals surface area contributed by atoms with Gasteiger partial charge < -0.3 is 24.7 Å². The molecule has 2 aliphatic carbocycles. The fourth-order valence-corrected chi connectivity index (χ4v) is 5.61. The number of hydrogen-bond acceptors (Lipinski definition) is 8. The normalized spacial score (nSPS) is 22.5. The van der Waals surface area contributed by atoms with Crippen molar-refractivity contribution in [2.45, 2.75) is 51.4 Å². The van der Waals surface area contributed by atoms with Crippen LogP contribution in [0.1, 0.15) is 43.5 Å². The molecule has 3 rings (SSSR count). The van der Waals surface area contributed by atoms with Crippen molar-refractivity contribution in [1.29, 1.82) is 0 Å². The highest BCUT2D eigenvalue weighted by atomic mass is 32.2. The number of fused-ring (bicyclic) bond motifs is 2. The predicted octanol–water partition coefficient (Wildman–Crippen LogP) is 1.66. The summed E-state index contributed by atoms with van der Waals surface area (Å²) in [4.78, 5) is 31.4. The summed E-state index contributed by atoms with van der Waals surface area (Å²) in [6, 6.07) is 5.54. The fraction of sp³-hybridized carbons (Fsp3) is 0.571. The second-order valence-corrected chi connectivity index (χ2v) is 10.4. The van der Waals surface area contributed by atoms with Gasteiger partial charge in [-0.1, -0.05) is 37.8 Å². The van der Waals surface area contributed by atoms with Gasteiger partial charge in [0.1, 0.15) is 11.8 Å². The van der Waals surface area contributed by atoms with E-state index >= 15 is 0 Å². The molecule has 0 aliphatic heterocycles. The van der Waals surface area contributed by atoms with Gasteiger partial charge in [-0.15, -0.1) is 0 Å². The number of carbonyl (C=O) groups is 3. The van der Waals surface area contributed by atoms with Crippen LogP contribution >= 0.6 is 0 Å². The maximum atomic E-state index is 11.8. The molecule has 1 aromatic carbocycles. The van der Waals surface area contributed by atoms with E-state index in [4.69, 9.17) is 5.11 Å². The zero-order valence-corrected chi connectivity index (χ0v) is 20.0. The van der Waals surface area contributed by atoms with Crippen LogP contribution in [0.2, 0.25) is 0 Å². The summed E-state index contributed by atoms with van der Waals surface area (Å²) in [5, 5.41) is 28.3. The van der Waals surface area contributed by atoms with Crippen molar-refractivity contribution in [3.63, 3.8) is 0 Å². The molecule has 0 spiro atoms. The largest absolute Gasteiger partial charge is 0.872 e. The van der Waals surface area contributed by atoms with Crippen LogP contribution in [0.25, 0.3) is 0 Å². The third-order valence-electron chi connectivity index (χ3n) is 6.63. The van der Waals surface area contributed by atoms with E-state index in [1.54, 1.807) is 0 Å². The average Bonchev–Trinajstić information content (AvgIpc) is 3.07. The quantitative estimate of drug-likeness (QED) is 0.399. The maximum Gasteiger partial charge on any atom is 0.374 e. The van der Waals surface area contributed by atoms with Crippen molar-refractivity contribution in [1.82, 2.24) is 0 Å². The van der Waals surface area contributed by atoms with Gasteiger partial charge in [0.15, 0.2) is 0 Å². The van der Waals surface area contributed by atoms with Gasteiger partial charge >= 0.3 is 24.2 Å². The summed E-state index contributed by atoms with van der Waals surface area (Å²) >= 11 is 0. The molecule has 1 N–H and O–H groups in total. The van der Waals surface area contributed by atoms with Gasteiger partial charge in [0.05, 0.1) is 21.4 Å². The lowest BCUT2D eigenvalue weighted by Gasteiger charge is -2.37. The van der Waals surface area contributed by atoms with Gasteiger partial charge in [-0.25, -0.2) is 22.0 Å². The van der Waals surface area contributed by atoms with E-state index in [9.17, 15) is 63.9 Å². The number of rotatable bonds is 6. The molecule has 9 nitrogen and oxygen atoms in total. The standard InChI is InChI=1S/C10H16O4S.C7H6O3.C4H2F6O2/c1-9(2)7-3-4-10(9,8(11)5-7)6-15(12,13)14;8-6-4-2-1-3-5(6)7(9)10;5-1(6)3(7,8)4(9,10)2(11)12/h7H,3-6H2,1-2H3,(H,12,13,14);1-4,8H,(H,9,10);1H,(H,11,12)/p-3. The first-order chi connectivity index (χ1) is 16.5. The SMILES string of the molecule is CC1(C)C2CCC1(CS(=O)(=O)[O-])C(=O)C2.O=C(O)c1ccccc1[O-].O=C([O-])C(F)(F)C(F)(F)C(F)F. The highest BCUT2D eigenvalue weighted by molar-refractivity contribution is 7.85. The summed E-state index contributed by atoms with van der Waals surface area (Å²) in [7, 11) is -4.33. The van der Waals surface area contributed by atoms with Crippen LogP contribution < -0.4 is 10.2 Å². The lowest BCUT2D eigenvalue weighted by Crippen LogP contribution is -2.57. The summed E-state index contributed by atoms with van der Waals surface area (Å²) in [6.07, 6.45) is -2.88. The molecule has 2 fully saturated rings. The number of halogens is 6. The Morgan fingerprint density at radius 1 is 1.16 bits per heavy atom. The number of para-hydroxylation sites is 1. The third-order valence-corrected chi connectivity index (χ3v) is 7.48. The molecule has 0 aromatic heterocycles. The van der Waals surface area contributed by atoms with Crippen LogP contribution in [0.15, 0.2) is 24.3 Å². The van der Waals surface area contributed by atoms with Crippen molar-refractivity contribution >= 4 is 27.8 Å². The predicted molar refractivity (Wildman–Crippen MR) is 107 cm³/mol. The Balaban J connectivity index is 0.000000284. The minimum Gasteiger partial charge on any atom is -0.872 e. The number of hydrogen-bond donors (Lipinski definition) is 1. The Labute approximate surface area is 206 Å². The number of aromatic carboxylic acids is 1. The van der Waals surface area contributed by atoms with Gasteiger partial charge in [0.2, 0.25) is 0 Å². The topological polar surface area (TPSA) is 175 Å². The van der Waals surface area contributed by atoms with Gasteiger partial charge in [-0.2, -0.15) is 17.6 Å². The molecule has 1 aromatic rings. The Hall–Kier alpha value is -2.88.